The standard InChI is InChI=1S/C9H12N4O3/c14-8(10-5-3-1-2-4-5)6-7(9(15)16)12-13-11-6/h5H,1-4H2,(H,10,14)(H,15,16)(H,11,12,13). The Morgan fingerprint density at radius 1 is 1.25 bits per heavy atom. The molecule has 16 heavy (non-hydrogen) atoms. The average molecular weight is 224 g/mol. The topological polar surface area (TPSA) is 108 Å². The van der Waals surface area contributed by atoms with E-state index in [0.717, 1.165) is 25.7 Å². The molecule has 1 fully saturated rings. The van der Waals surface area contributed by atoms with Crippen molar-refractivity contribution in [3.63, 3.8) is 0 Å². The highest BCUT2D eigenvalue weighted by atomic mass is 16.4. The van der Waals surface area contributed by atoms with E-state index in [2.05, 4.69) is 20.7 Å². The summed E-state index contributed by atoms with van der Waals surface area (Å²) in [6.07, 6.45) is 4.06. The van der Waals surface area contributed by atoms with Gasteiger partial charge in [-0.3, -0.25) is 4.79 Å². The van der Waals surface area contributed by atoms with Crippen molar-refractivity contribution in [3.8, 4) is 0 Å². The number of carbonyl (C=O) groups is 2. The lowest BCUT2D eigenvalue weighted by molar-refractivity contribution is 0.0684. The lowest BCUT2D eigenvalue weighted by Crippen LogP contribution is -2.33. The van der Waals surface area contributed by atoms with Crippen LogP contribution in [-0.4, -0.2) is 38.4 Å². The van der Waals surface area contributed by atoms with Crippen LogP contribution < -0.4 is 5.32 Å². The van der Waals surface area contributed by atoms with Crippen molar-refractivity contribution in [2.45, 2.75) is 31.7 Å². The van der Waals surface area contributed by atoms with Crippen molar-refractivity contribution in [1.29, 1.82) is 0 Å². The number of carbonyl (C=O) groups excluding carboxylic acids is 1. The van der Waals surface area contributed by atoms with Crippen molar-refractivity contribution >= 4 is 11.9 Å². The molecule has 0 saturated heterocycles. The van der Waals surface area contributed by atoms with Crippen molar-refractivity contribution in [3.05, 3.63) is 11.4 Å². The number of carboxylic acid groups (broad SMARTS) is 1. The summed E-state index contributed by atoms with van der Waals surface area (Å²) in [6, 6.07) is 0.130. The van der Waals surface area contributed by atoms with E-state index in [1.807, 2.05) is 0 Å². The third kappa shape index (κ3) is 2.02. The predicted molar refractivity (Wildman–Crippen MR) is 53.1 cm³/mol. The highest BCUT2D eigenvalue weighted by molar-refractivity contribution is 6.01. The fraction of sp³-hybridized carbons (Fsp3) is 0.556. The summed E-state index contributed by atoms with van der Waals surface area (Å²) in [7, 11) is 0. The molecule has 1 aromatic rings. The number of amides is 1. The highest BCUT2D eigenvalue weighted by Gasteiger charge is 2.24. The molecule has 0 unspecified atom stereocenters. The van der Waals surface area contributed by atoms with E-state index in [-0.39, 0.29) is 17.4 Å². The molecule has 7 heteroatoms. The Bertz CT molecular complexity index is 409. The normalized spacial score (nSPS) is 16.2. The van der Waals surface area contributed by atoms with E-state index in [9.17, 15) is 9.59 Å². The molecule has 1 saturated carbocycles. The smallest absolute Gasteiger partial charge is 0.358 e. The van der Waals surface area contributed by atoms with E-state index in [4.69, 9.17) is 5.11 Å². The first-order chi connectivity index (χ1) is 7.68. The van der Waals surface area contributed by atoms with Crippen LogP contribution in [-0.2, 0) is 0 Å². The summed E-state index contributed by atoms with van der Waals surface area (Å²) in [6.45, 7) is 0. The third-order valence-corrected chi connectivity index (χ3v) is 2.66. The Labute approximate surface area is 91.2 Å². The van der Waals surface area contributed by atoms with Crippen molar-refractivity contribution in [2.75, 3.05) is 0 Å². The van der Waals surface area contributed by atoms with Gasteiger partial charge in [-0.05, 0) is 12.8 Å². The van der Waals surface area contributed by atoms with Crippen LogP contribution in [0.2, 0.25) is 0 Å². The second-order valence-corrected chi connectivity index (χ2v) is 3.78. The quantitative estimate of drug-likeness (QED) is 0.678. The largest absolute Gasteiger partial charge is 0.476 e. The number of aromatic amines is 1. The average Bonchev–Trinajstić information content (AvgIpc) is 2.86. The molecule has 1 amide bonds. The number of aromatic carboxylic acids is 1. The van der Waals surface area contributed by atoms with Crippen LogP contribution in [0.4, 0.5) is 0 Å². The third-order valence-electron chi connectivity index (χ3n) is 2.66. The molecular formula is C9H12N4O3. The monoisotopic (exact) mass is 224 g/mol. The van der Waals surface area contributed by atoms with Gasteiger partial charge in [0.15, 0.2) is 5.69 Å². The molecular weight excluding hydrogens is 212 g/mol. The zero-order valence-corrected chi connectivity index (χ0v) is 8.56. The van der Waals surface area contributed by atoms with Gasteiger partial charge in [0.05, 0.1) is 0 Å². The Morgan fingerprint density at radius 2 is 1.88 bits per heavy atom. The lowest BCUT2D eigenvalue weighted by atomic mass is 10.2. The predicted octanol–water partition coefficient (Wildman–Crippen LogP) is 0.175. The number of H-pyrrole nitrogens is 1. The van der Waals surface area contributed by atoms with Crippen molar-refractivity contribution < 1.29 is 14.7 Å². The first kappa shape index (κ1) is 10.6. The highest BCUT2D eigenvalue weighted by Crippen LogP contribution is 2.18. The number of hydrogen-bond acceptors (Lipinski definition) is 4. The minimum atomic E-state index is -1.26. The van der Waals surface area contributed by atoms with Gasteiger partial charge in [0.25, 0.3) is 5.91 Å². The van der Waals surface area contributed by atoms with Gasteiger partial charge < -0.3 is 10.4 Å². The molecule has 7 nitrogen and oxygen atoms in total. The SMILES string of the molecule is O=C(O)c1n[nH]nc1C(=O)NC1CCCC1. The molecule has 86 valence electrons. The zero-order valence-electron chi connectivity index (χ0n) is 8.56. The van der Waals surface area contributed by atoms with E-state index < -0.39 is 11.9 Å². The van der Waals surface area contributed by atoms with Gasteiger partial charge in [0, 0.05) is 6.04 Å². The molecule has 3 N–H and O–H groups in total. The first-order valence-corrected chi connectivity index (χ1v) is 5.13. The van der Waals surface area contributed by atoms with Crippen LogP contribution in [0.1, 0.15) is 46.7 Å². The minimum absolute atomic E-state index is 0.130. The fourth-order valence-electron chi connectivity index (χ4n) is 1.86. The van der Waals surface area contributed by atoms with Crippen LogP contribution >= 0.6 is 0 Å². The Morgan fingerprint density at radius 3 is 2.50 bits per heavy atom. The molecule has 0 spiro atoms. The molecule has 0 atom stereocenters. The summed E-state index contributed by atoms with van der Waals surface area (Å²) in [5.41, 5.74) is -0.491. The van der Waals surface area contributed by atoms with Crippen LogP contribution in [0, 0.1) is 0 Å². The second kappa shape index (κ2) is 4.30. The number of hydrogen-bond donors (Lipinski definition) is 3. The van der Waals surface area contributed by atoms with E-state index in [1.54, 1.807) is 0 Å². The van der Waals surface area contributed by atoms with Crippen LogP contribution in [0.5, 0.6) is 0 Å². The minimum Gasteiger partial charge on any atom is -0.476 e. The van der Waals surface area contributed by atoms with Gasteiger partial charge in [-0.2, -0.15) is 5.21 Å². The molecule has 2 rings (SSSR count). The molecule has 1 aromatic heterocycles. The van der Waals surface area contributed by atoms with Gasteiger partial charge in [-0.15, -0.1) is 10.2 Å². The number of carboxylic acids is 1. The summed E-state index contributed by atoms with van der Waals surface area (Å²) < 4.78 is 0. The fourth-order valence-corrected chi connectivity index (χ4v) is 1.86. The molecule has 0 aromatic carbocycles. The summed E-state index contributed by atoms with van der Waals surface area (Å²) >= 11 is 0. The van der Waals surface area contributed by atoms with Crippen LogP contribution in [0.25, 0.3) is 0 Å². The summed E-state index contributed by atoms with van der Waals surface area (Å²) in [5.74, 6) is -1.73. The number of rotatable bonds is 3. The molecule has 1 aliphatic rings. The zero-order chi connectivity index (χ0) is 11.5. The Balaban J connectivity index is 2.08. The molecule has 1 aliphatic carbocycles. The van der Waals surface area contributed by atoms with E-state index in [1.165, 1.54) is 0 Å². The second-order valence-electron chi connectivity index (χ2n) is 3.78. The van der Waals surface area contributed by atoms with Gasteiger partial charge in [-0.25, -0.2) is 4.79 Å². The first-order valence-electron chi connectivity index (χ1n) is 5.13. The molecule has 0 radical (unpaired) electrons. The van der Waals surface area contributed by atoms with E-state index in [0.29, 0.717) is 0 Å². The summed E-state index contributed by atoms with van der Waals surface area (Å²) in [4.78, 5) is 22.4. The maximum Gasteiger partial charge on any atom is 0.358 e. The molecule has 1 heterocycles. The number of nitrogens with zero attached hydrogens (tertiary/aromatic N) is 2. The van der Waals surface area contributed by atoms with E-state index >= 15 is 0 Å². The molecule has 0 bridgehead atoms. The van der Waals surface area contributed by atoms with Crippen molar-refractivity contribution in [1.82, 2.24) is 20.7 Å². The van der Waals surface area contributed by atoms with Crippen LogP contribution in [0.15, 0.2) is 0 Å². The number of nitrogens with one attached hydrogen (secondary N) is 2. The Kier molecular flexibility index (Phi) is 2.84. The van der Waals surface area contributed by atoms with Gasteiger partial charge >= 0.3 is 5.97 Å². The summed E-state index contributed by atoms with van der Waals surface area (Å²) in [5, 5.41) is 20.6. The van der Waals surface area contributed by atoms with Gasteiger partial charge in [-0.1, -0.05) is 12.8 Å². The van der Waals surface area contributed by atoms with Gasteiger partial charge in [0.2, 0.25) is 5.69 Å². The van der Waals surface area contributed by atoms with Crippen molar-refractivity contribution in [2.24, 2.45) is 0 Å². The maximum atomic E-state index is 11.7. The maximum absolute atomic E-state index is 11.7. The Hall–Kier alpha value is -1.92. The lowest BCUT2D eigenvalue weighted by Gasteiger charge is -2.09. The number of aromatic nitrogens is 3. The molecule has 0 aliphatic heterocycles. The van der Waals surface area contributed by atoms with Gasteiger partial charge in [0.1, 0.15) is 0 Å². The van der Waals surface area contributed by atoms with Crippen LogP contribution in [0.3, 0.4) is 0 Å².